The molecule has 0 atom stereocenters. The van der Waals surface area contributed by atoms with Crippen LogP contribution in [0.1, 0.15) is 26.3 Å². The van der Waals surface area contributed by atoms with Gasteiger partial charge < -0.3 is 9.84 Å². The maximum absolute atomic E-state index is 9.36. The summed E-state index contributed by atoms with van der Waals surface area (Å²) in [5.41, 5.74) is 1.09. The van der Waals surface area contributed by atoms with Crippen LogP contribution in [0.15, 0.2) is 18.2 Å². The van der Waals surface area contributed by atoms with E-state index in [1.165, 1.54) is 0 Å². The van der Waals surface area contributed by atoms with E-state index in [4.69, 9.17) is 4.74 Å². The van der Waals surface area contributed by atoms with Crippen molar-refractivity contribution in [2.24, 2.45) is 0 Å². The number of rotatable bonds is 3. The molecule has 72 valence electrons. The Kier molecular flexibility index (Phi) is 3.18. The number of hydrogen-bond donors (Lipinski definition) is 1. The Morgan fingerprint density at radius 1 is 1.31 bits per heavy atom. The molecule has 1 aromatic rings. The first-order chi connectivity index (χ1) is 6.11. The molecule has 1 N–H and O–H groups in total. The number of aryl methyl sites for hydroxylation is 1. The quantitative estimate of drug-likeness (QED) is 0.775. The van der Waals surface area contributed by atoms with Crippen LogP contribution in [0.2, 0.25) is 0 Å². The lowest BCUT2D eigenvalue weighted by molar-refractivity contribution is 0.241. The molecule has 0 aliphatic heterocycles. The summed E-state index contributed by atoms with van der Waals surface area (Å²) >= 11 is 0. The molecular formula is C11H16O2. The van der Waals surface area contributed by atoms with Gasteiger partial charge in [0.1, 0.15) is 11.5 Å². The van der Waals surface area contributed by atoms with Crippen LogP contribution in [-0.4, -0.2) is 11.2 Å². The van der Waals surface area contributed by atoms with E-state index < -0.39 is 0 Å². The summed E-state index contributed by atoms with van der Waals surface area (Å²) in [5.74, 6) is 1.02. The van der Waals surface area contributed by atoms with Crippen molar-refractivity contribution in [3.63, 3.8) is 0 Å². The van der Waals surface area contributed by atoms with Gasteiger partial charge in [0.15, 0.2) is 0 Å². The molecular weight excluding hydrogens is 164 g/mol. The molecule has 0 aliphatic carbocycles. The Morgan fingerprint density at radius 2 is 2.00 bits per heavy atom. The molecule has 0 amide bonds. The minimum Gasteiger partial charge on any atom is -0.508 e. The molecule has 0 bridgehead atoms. The zero-order valence-electron chi connectivity index (χ0n) is 8.37. The van der Waals surface area contributed by atoms with Crippen molar-refractivity contribution in [2.75, 3.05) is 0 Å². The first kappa shape index (κ1) is 9.90. The lowest BCUT2D eigenvalue weighted by atomic mass is 10.1. The Morgan fingerprint density at radius 3 is 2.54 bits per heavy atom. The molecule has 0 heterocycles. The van der Waals surface area contributed by atoms with E-state index in [0.717, 1.165) is 17.7 Å². The average molecular weight is 180 g/mol. The fraction of sp³-hybridized carbons (Fsp3) is 0.455. The van der Waals surface area contributed by atoms with Crippen molar-refractivity contribution in [2.45, 2.75) is 33.3 Å². The van der Waals surface area contributed by atoms with Gasteiger partial charge >= 0.3 is 0 Å². The highest BCUT2D eigenvalue weighted by Gasteiger charge is 2.01. The lowest BCUT2D eigenvalue weighted by Crippen LogP contribution is -2.05. The maximum atomic E-state index is 9.36. The third-order valence-electron chi connectivity index (χ3n) is 1.73. The summed E-state index contributed by atoms with van der Waals surface area (Å²) in [6, 6.07) is 5.35. The first-order valence-electron chi connectivity index (χ1n) is 4.61. The van der Waals surface area contributed by atoms with Crippen LogP contribution in [0.5, 0.6) is 11.5 Å². The normalized spacial score (nSPS) is 10.5. The highest BCUT2D eigenvalue weighted by Crippen LogP contribution is 2.22. The van der Waals surface area contributed by atoms with Gasteiger partial charge in [-0.1, -0.05) is 6.92 Å². The molecule has 0 fully saturated rings. The molecule has 0 saturated carbocycles. The number of phenols is 1. The molecule has 1 aromatic carbocycles. The summed E-state index contributed by atoms with van der Waals surface area (Å²) < 4.78 is 5.48. The van der Waals surface area contributed by atoms with Gasteiger partial charge in [-0.3, -0.25) is 0 Å². The van der Waals surface area contributed by atoms with Crippen LogP contribution in [-0.2, 0) is 6.42 Å². The van der Waals surface area contributed by atoms with Gasteiger partial charge in [-0.05, 0) is 38.0 Å². The number of benzene rings is 1. The van der Waals surface area contributed by atoms with Crippen molar-refractivity contribution in [3.05, 3.63) is 23.8 Å². The second-order valence-electron chi connectivity index (χ2n) is 3.36. The van der Waals surface area contributed by atoms with Crippen LogP contribution < -0.4 is 4.74 Å². The van der Waals surface area contributed by atoms with E-state index in [-0.39, 0.29) is 11.9 Å². The van der Waals surface area contributed by atoms with E-state index in [2.05, 4.69) is 0 Å². The third-order valence-corrected chi connectivity index (χ3v) is 1.73. The highest BCUT2D eigenvalue weighted by atomic mass is 16.5. The third kappa shape index (κ3) is 2.98. The van der Waals surface area contributed by atoms with E-state index in [1.807, 2.05) is 26.8 Å². The summed E-state index contributed by atoms with van der Waals surface area (Å²) in [4.78, 5) is 0. The second-order valence-corrected chi connectivity index (χ2v) is 3.36. The van der Waals surface area contributed by atoms with Gasteiger partial charge in [-0.25, -0.2) is 0 Å². The minimum absolute atomic E-state index is 0.145. The Labute approximate surface area is 79.2 Å². The van der Waals surface area contributed by atoms with Crippen LogP contribution in [0.25, 0.3) is 0 Å². The van der Waals surface area contributed by atoms with Crippen molar-refractivity contribution >= 4 is 0 Å². The van der Waals surface area contributed by atoms with E-state index in [0.29, 0.717) is 0 Å². The van der Waals surface area contributed by atoms with Gasteiger partial charge in [-0.2, -0.15) is 0 Å². The minimum atomic E-state index is 0.145. The van der Waals surface area contributed by atoms with Crippen LogP contribution in [0.3, 0.4) is 0 Å². The molecule has 0 aliphatic rings. The SMILES string of the molecule is CCc1cc(O)cc(OC(C)C)c1. The van der Waals surface area contributed by atoms with Gasteiger partial charge in [0, 0.05) is 6.07 Å². The monoisotopic (exact) mass is 180 g/mol. The standard InChI is InChI=1S/C11H16O2/c1-4-9-5-10(12)7-11(6-9)13-8(2)3/h5-8,12H,4H2,1-3H3. The fourth-order valence-electron chi connectivity index (χ4n) is 1.19. The van der Waals surface area contributed by atoms with E-state index in [9.17, 15) is 5.11 Å². The Balaban J connectivity index is 2.88. The van der Waals surface area contributed by atoms with Crippen molar-refractivity contribution < 1.29 is 9.84 Å². The molecule has 0 spiro atoms. The Hall–Kier alpha value is -1.18. The average Bonchev–Trinajstić information content (AvgIpc) is 2.01. The predicted octanol–water partition coefficient (Wildman–Crippen LogP) is 2.74. The largest absolute Gasteiger partial charge is 0.508 e. The fourth-order valence-corrected chi connectivity index (χ4v) is 1.19. The molecule has 13 heavy (non-hydrogen) atoms. The lowest BCUT2D eigenvalue weighted by Gasteiger charge is -2.11. The maximum Gasteiger partial charge on any atom is 0.123 e. The summed E-state index contributed by atoms with van der Waals surface area (Å²) in [5, 5.41) is 9.36. The number of ether oxygens (including phenoxy) is 1. The van der Waals surface area contributed by atoms with Crippen LogP contribution in [0, 0.1) is 0 Å². The van der Waals surface area contributed by atoms with Gasteiger partial charge in [0.25, 0.3) is 0 Å². The van der Waals surface area contributed by atoms with Crippen LogP contribution in [0.4, 0.5) is 0 Å². The number of aromatic hydroxyl groups is 1. The van der Waals surface area contributed by atoms with Crippen molar-refractivity contribution in [3.8, 4) is 11.5 Å². The topological polar surface area (TPSA) is 29.5 Å². The molecule has 0 unspecified atom stereocenters. The number of phenolic OH excluding ortho intramolecular Hbond substituents is 1. The predicted molar refractivity (Wildman–Crippen MR) is 53.2 cm³/mol. The summed E-state index contributed by atoms with van der Waals surface area (Å²) in [6.45, 7) is 5.99. The molecule has 0 aromatic heterocycles. The highest BCUT2D eigenvalue weighted by molar-refractivity contribution is 5.37. The summed E-state index contributed by atoms with van der Waals surface area (Å²) in [6.07, 6.45) is 1.05. The first-order valence-corrected chi connectivity index (χ1v) is 4.61. The zero-order valence-corrected chi connectivity index (χ0v) is 8.37. The number of hydrogen-bond acceptors (Lipinski definition) is 2. The van der Waals surface area contributed by atoms with Crippen molar-refractivity contribution in [1.29, 1.82) is 0 Å². The van der Waals surface area contributed by atoms with E-state index >= 15 is 0 Å². The van der Waals surface area contributed by atoms with Gasteiger partial charge in [0.2, 0.25) is 0 Å². The molecule has 2 nitrogen and oxygen atoms in total. The van der Waals surface area contributed by atoms with Gasteiger partial charge in [-0.15, -0.1) is 0 Å². The molecule has 0 radical (unpaired) electrons. The second kappa shape index (κ2) is 4.17. The Bertz CT molecular complexity index is 279. The van der Waals surface area contributed by atoms with Crippen LogP contribution >= 0.6 is 0 Å². The summed E-state index contributed by atoms with van der Waals surface area (Å²) in [7, 11) is 0. The smallest absolute Gasteiger partial charge is 0.123 e. The molecule has 0 saturated heterocycles. The van der Waals surface area contributed by atoms with E-state index in [1.54, 1.807) is 12.1 Å². The molecule has 2 heteroatoms. The zero-order chi connectivity index (χ0) is 9.84. The van der Waals surface area contributed by atoms with Gasteiger partial charge in [0.05, 0.1) is 6.10 Å². The molecule has 1 rings (SSSR count). The van der Waals surface area contributed by atoms with Crippen molar-refractivity contribution in [1.82, 2.24) is 0 Å².